The molecule has 2 aliphatic rings. The van der Waals surface area contributed by atoms with Crippen LogP contribution in [0.4, 0.5) is 0 Å². The van der Waals surface area contributed by atoms with Crippen LogP contribution in [0.5, 0.6) is 5.75 Å². The van der Waals surface area contributed by atoms with Crippen molar-refractivity contribution in [3.8, 4) is 5.75 Å². The van der Waals surface area contributed by atoms with Crippen molar-refractivity contribution >= 4 is 17.5 Å². The Morgan fingerprint density at radius 3 is 2.84 bits per heavy atom. The molecule has 0 aliphatic carbocycles. The molecule has 0 aromatic heterocycles. The first-order valence-electron chi connectivity index (χ1n) is 8.57. The maximum absolute atomic E-state index is 12.1. The van der Waals surface area contributed by atoms with E-state index < -0.39 is 0 Å². The predicted octanol–water partition coefficient (Wildman–Crippen LogP) is 1.47. The van der Waals surface area contributed by atoms with Crippen LogP contribution in [0.25, 0.3) is 0 Å². The first-order valence-corrected chi connectivity index (χ1v) is 8.57. The molecule has 1 saturated heterocycles. The summed E-state index contributed by atoms with van der Waals surface area (Å²) >= 11 is 0. The number of hydrogen-bond acceptors (Lipinski definition) is 5. The predicted molar refractivity (Wildman–Crippen MR) is 92.2 cm³/mol. The molecular weight excluding hydrogens is 322 g/mol. The molecule has 0 saturated carbocycles. The molecule has 7 nitrogen and oxygen atoms in total. The quantitative estimate of drug-likeness (QED) is 0.847. The number of nitrogens with zero attached hydrogens (tertiary/aromatic N) is 2. The van der Waals surface area contributed by atoms with E-state index in [1.54, 1.807) is 7.05 Å². The van der Waals surface area contributed by atoms with E-state index in [2.05, 4.69) is 10.4 Å². The Balaban J connectivity index is 1.45. The number of amides is 2. The number of carbonyl (C=O) groups excluding carboxylic acids is 2. The van der Waals surface area contributed by atoms with E-state index in [1.165, 1.54) is 5.01 Å². The van der Waals surface area contributed by atoms with Crippen molar-refractivity contribution in [2.75, 3.05) is 20.3 Å². The van der Waals surface area contributed by atoms with Crippen molar-refractivity contribution in [2.45, 2.75) is 38.3 Å². The summed E-state index contributed by atoms with van der Waals surface area (Å²) in [5.41, 5.74) is 1.36. The van der Waals surface area contributed by atoms with Crippen LogP contribution in [0, 0.1) is 0 Å². The summed E-state index contributed by atoms with van der Waals surface area (Å²) in [5, 5.41) is 8.06. The molecule has 7 heteroatoms. The standard InChI is InChI=1S/C18H23N3O4/c1-21-17(22)9-8-16(20-21)18(23)19-11-13-4-6-14(7-5-13)25-12-15-3-2-10-24-15/h4-7,15H,2-3,8-12H2,1H3,(H,19,23)/t15-/m0/s1. The van der Waals surface area contributed by atoms with Gasteiger partial charge in [0, 0.05) is 33.0 Å². The zero-order chi connectivity index (χ0) is 17.6. The van der Waals surface area contributed by atoms with E-state index in [4.69, 9.17) is 9.47 Å². The Kier molecular flexibility index (Phi) is 5.65. The fraction of sp³-hybridized carbons (Fsp3) is 0.500. The van der Waals surface area contributed by atoms with Gasteiger partial charge in [0.1, 0.15) is 18.1 Å². The Hall–Kier alpha value is -2.41. The Morgan fingerprint density at radius 1 is 1.36 bits per heavy atom. The zero-order valence-corrected chi connectivity index (χ0v) is 14.4. The van der Waals surface area contributed by atoms with Crippen molar-refractivity contribution in [1.29, 1.82) is 0 Å². The Labute approximate surface area is 147 Å². The summed E-state index contributed by atoms with van der Waals surface area (Å²) in [6.07, 6.45) is 3.04. The van der Waals surface area contributed by atoms with E-state index in [1.807, 2.05) is 24.3 Å². The highest BCUT2D eigenvalue weighted by atomic mass is 16.5. The molecule has 25 heavy (non-hydrogen) atoms. The summed E-state index contributed by atoms with van der Waals surface area (Å²) < 4.78 is 11.2. The fourth-order valence-corrected chi connectivity index (χ4v) is 2.79. The molecule has 3 rings (SSSR count). The second kappa shape index (κ2) is 8.11. The lowest BCUT2D eigenvalue weighted by Gasteiger charge is -2.18. The summed E-state index contributed by atoms with van der Waals surface area (Å²) in [6, 6.07) is 7.62. The lowest BCUT2D eigenvalue weighted by Crippen LogP contribution is -2.37. The van der Waals surface area contributed by atoms with Crippen molar-refractivity contribution in [3.05, 3.63) is 29.8 Å². The molecule has 1 aromatic rings. The first kappa shape index (κ1) is 17.4. The SMILES string of the molecule is CN1N=C(C(=O)NCc2ccc(OC[C@@H]3CCCO3)cc2)CCC1=O. The number of hydrazone groups is 1. The van der Waals surface area contributed by atoms with Gasteiger partial charge in [0.05, 0.1) is 6.10 Å². The average molecular weight is 345 g/mol. The summed E-state index contributed by atoms with van der Waals surface area (Å²) in [6.45, 7) is 1.80. The molecule has 1 fully saturated rings. The van der Waals surface area contributed by atoms with E-state index >= 15 is 0 Å². The molecule has 0 unspecified atom stereocenters. The molecule has 1 atom stereocenters. The van der Waals surface area contributed by atoms with Crippen molar-refractivity contribution in [3.63, 3.8) is 0 Å². The van der Waals surface area contributed by atoms with Gasteiger partial charge in [-0.25, -0.2) is 5.01 Å². The van der Waals surface area contributed by atoms with Crippen LogP contribution in [-0.2, 0) is 20.9 Å². The summed E-state index contributed by atoms with van der Waals surface area (Å²) in [7, 11) is 1.56. The number of hydrogen-bond donors (Lipinski definition) is 1. The molecule has 1 aromatic carbocycles. The van der Waals surface area contributed by atoms with Gasteiger partial charge in [-0.15, -0.1) is 0 Å². The number of rotatable bonds is 6. The monoisotopic (exact) mass is 345 g/mol. The number of ether oxygens (including phenoxy) is 2. The van der Waals surface area contributed by atoms with Crippen LogP contribution in [-0.4, -0.2) is 48.9 Å². The van der Waals surface area contributed by atoms with Gasteiger partial charge in [0.25, 0.3) is 5.91 Å². The zero-order valence-electron chi connectivity index (χ0n) is 14.4. The van der Waals surface area contributed by atoms with Crippen LogP contribution in [0.3, 0.4) is 0 Å². The van der Waals surface area contributed by atoms with Gasteiger partial charge in [-0.1, -0.05) is 12.1 Å². The van der Waals surface area contributed by atoms with Gasteiger partial charge in [-0.3, -0.25) is 9.59 Å². The van der Waals surface area contributed by atoms with Crippen LogP contribution in [0.1, 0.15) is 31.2 Å². The topological polar surface area (TPSA) is 80.2 Å². The van der Waals surface area contributed by atoms with E-state index in [-0.39, 0.29) is 17.9 Å². The lowest BCUT2D eigenvalue weighted by molar-refractivity contribution is -0.130. The van der Waals surface area contributed by atoms with Crippen molar-refractivity contribution in [1.82, 2.24) is 10.3 Å². The maximum Gasteiger partial charge on any atom is 0.267 e. The van der Waals surface area contributed by atoms with Crippen LogP contribution in [0.2, 0.25) is 0 Å². The molecule has 0 spiro atoms. The number of benzene rings is 1. The molecule has 1 N–H and O–H groups in total. The third-order valence-electron chi connectivity index (χ3n) is 4.31. The molecular formula is C18H23N3O4. The summed E-state index contributed by atoms with van der Waals surface area (Å²) in [4.78, 5) is 23.5. The summed E-state index contributed by atoms with van der Waals surface area (Å²) in [5.74, 6) is 0.482. The van der Waals surface area contributed by atoms with Gasteiger partial charge < -0.3 is 14.8 Å². The van der Waals surface area contributed by atoms with E-state index in [0.717, 1.165) is 30.8 Å². The van der Waals surface area contributed by atoms with Gasteiger partial charge in [0.15, 0.2) is 0 Å². The lowest BCUT2D eigenvalue weighted by atomic mass is 10.1. The van der Waals surface area contributed by atoms with Crippen molar-refractivity contribution < 1.29 is 19.1 Å². The Bertz CT molecular complexity index is 651. The van der Waals surface area contributed by atoms with Crippen molar-refractivity contribution in [2.24, 2.45) is 5.10 Å². The maximum atomic E-state index is 12.1. The second-order valence-corrected chi connectivity index (χ2v) is 6.24. The number of carbonyl (C=O) groups is 2. The number of nitrogens with one attached hydrogen (secondary N) is 1. The normalized spacial score (nSPS) is 20.4. The first-order chi connectivity index (χ1) is 12.1. The average Bonchev–Trinajstić information content (AvgIpc) is 3.14. The van der Waals surface area contributed by atoms with Crippen LogP contribution < -0.4 is 10.1 Å². The third-order valence-corrected chi connectivity index (χ3v) is 4.31. The van der Waals surface area contributed by atoms with E-state index in [0.29, 0.717) is 31.7 Å². The molecule has 0 radical (unpaired) electrons. The molecule has 0 bridgehead atoms. The molecule has 2 aliphatic heterocycles. The smallest absolute Gasteiger partial charge is 0.267 e. The minimum Gasteiger partial charge on any atom is -0.491 e. The van der Waals surface area contributed by atoms with Crippen LogP contribution in [0.15, 0.2) is 29.4 Å². The van der Waals surface area contributed by atoms with Gasteiger partial charge in [0.2, 0.25) is 5.91 Å². The van der Waals surface area contributed by atoms with Crippen LogP contribution >= 0.6 is 0 Å². The molecule has 2 heterocycles. The Morgan fingerprint density at radius 2 is 2.16 bits per heavy atom. The minimum atomic E-state index is -0.238. The van der Waals surface area contributed by atoms with Gasteiger partial charge >= 0.3 is 0 Å². The van der Waals surface area contributed by atoms with Gasteiger partial charge in [-0.2, -0.15) is 5.10 Å². The fourth-order valence-electron chi connectivity index (χ4n) is 2.79. The highest BCUT2D eigenvalue weighted by molar-refractivity contribution is 6.39. The van der Waals surface area contributed by atoms with Gasteiger partial charge in [-0.05, 0) is 30.5 Å². The molecule has 2 amide bonds. The minimum absolute atomic E-state index is 0.0739. The highest BCUT2D eigenvalue weighted by Crippen LogP contribution is 2.16. The molecule has 134 valence electrons. The van der Waals surface area contributed by atoms with E-state index in [9.17, 15) is 9.59 Å². The largest absolute Gasteiger partial charge is 0.491 e. The highest BCUT2D eigenvalue weighted by Gasteiger charge is 2.21. The third kappa shape index (κ3) is 4.79. The second-order valence-electron chi connectivity index (χ2n) is 6.24.